The molecule has 0 aliphatic heterocycles. The number of benzene rings is 1. The van der Waals surface area contributed by atoms with E-state index in [2.05, 4.69) is 10.6 Å². The van der Waals surface area contributed by atoms with E-state index in [-0.39, 0.29) is 40.5 Å². The van der Waals surface area contributed by atoms with Gasteiger partial charge in [-0.05, 0) is 85.8 Å². The molecule has 1 aromatic carbocycles. The van der Waals surface area contributed by atoms with Crippen molar-refractivity contribution < 1.29 is 43.7 Å². The van der Waals surface area contributed by atoms with Crippen molar-refractivity contribution in [3.05, 3.63) is 21.8 Å². The molecule has 0 aliphatic rings. The molecule has 0 aromatic heterocycles. The maximum Gasteiger partial charge on any atom is 0.303 e. The van der Waals surface area contributed by atoms with Crippen molar-refractivity contribution >= 4 is 114 Å². The molecule has 0 saturated carbocycles. The number of nitrogens with one attached hydrogen (secondary N) is 2. The van der Waals surface area contributed by atoms with Crippen molar-refractivity contribution in [3.8, 4) is 0 Å². The van der Waals surface area contributed by atoms with E-state index in [4.69, 9.17) is 26.2 Å². The number of halogens is 4. The van der Waals surface area contributed by atoms with Gasteiger partial charge in [0.15, 0.2) is 0 Å². The van der Waals surface area contributed by atoms with Crippen molar-refractivity contribution in [2.45, 2.75) is 32.5 Å². The molecule has 0 radical (unpaired) electrons. The van der Waals surface area contributed by atoms with Crippen molar-refractivity contribution in [1.29, 1.82) is 0 Å². The number of esters is 2. The molecule has 188 valence electrons. The van der Waals surface area contributed by atoms with Gasteiger partial charge < -0.3 is 30.3 Å². The summed E-state index contributed by atoms with van der Waals surface area (Å²) in [6, 6.07) is 0. The normalized spacial score (nSPS) is 12.4. The van der Waals surface area contributed by atoms with Crippen LogP contribution in [0.1, 0.15) is 41.0 Å². The molecule has 34 heavy (non-hydrogen) atoms. The molecule has 0 aliphatic carbocycles. The molecule has 1 aromatic rings. The maximum absolute atomic E-state index is 12.9. The zero-order chi connectivity index (χ0) is 26.2. The second-order valence-corrected chi connectivity index (χ2v) is 10.2. The lowest BCUT2D eigenvalue weighted by atomic mass is 10.1. The van der Waals surface area contributed by atoms with Gasteiger partial charge in [0.25, 0.3) is 17.1 Å². The minimum absolute atomic E-state index is 0.0249. The standard InChI is InChI=1S/C19H20ClI3N2O9/c1-7(27)33-6-10(34-8(2)28)18(31)25-16-14(22)11(17(20)30)13(21)12(15(16)23)19(32)24-4-3-9(29)5-26/h9-10,26,29H,3-6H2,1-2H3,(H,24,32)(H,25,31). The van der Waals surface area contributed by atoms with Crippen LogP contribution in [-0.4, -0.2) is 71.2 Å². The Kier molecular flexibility index (Phi) is 13.5. The second-order valence-electron chi connectivity index (χ2n) is 6.61. The lowest BCUT2D eigenvalue weighted by Crippen LogP contribution is -2.37. The van der Waals surface area contributed by atoms with E-state index in [0.29, 0.717) is 0 Å². The van der Waals surface area contributed by atoms with Crippen molar-refractivity contribution in [2.24, 2.45) is 0 Å². The fourth-order valence-corrected chi connectivity index (χ4v) is 7.36. The van der Waals surface area contributed by atoms with Gasteiger partial charge in [0.05, 0.1) is 36.7 Å². The van der Waals surface area contributed by atoms with E-state index in [9.17, 15) is 29.1 Å². The molecule has 0 saturated heterocycles. The highest BCUT2D eigenvalue weighted by molar-refractivity contribution is 14.1. The third-order valence-corrected chi connectivity index (χ3v) is 7.43. The SMILES string of the molecule is CC(=O)OCC(OC(C)=O)C(=O)Nc1c(I)c(C(=O)Cl)c(I)c(C(=O)NCCC(O)CO)c1I. The van der Waals surface area contributed by atoms with Crippen molar-refractivity contribution in [2.75, 3.05) is 25.1 Å². The van der Waals surface area contributed by atoms with Crippen molar-refractivity contribution in [3.63, 3.8) is 0 Å². The minimum Gasteiger partial charge on any atom is -0.461 e. The zero-order valence-corrected chi connectivity index (χ0v) is 25.0. The summed E-state index contributed by atoms with van der Waals surface area (Å²) in [5.74, 6) is -2.95. The van der Waals surface area contributed by atoms with Gasteiger partial charge in [-0.2, -0.15) is 0 Å². The number of hydrogen-bond acceptors (Lipinski definition) is 9. The molecule has 2 unspecified atom stereocenters. The first-order chi connectivity index (χ1) is 15.8. The fourth-order valence-electron chi connectivity index (χ4n) is 2.44. The smallest absolute Gasteiger partial charge is 0.303 e. The molecule has 4 N–H and O–H groups in total. The van der Waals surface area contributed by atoms with Crippen LogP contribution in [0.2, 0.25) is 0 Å². The molecule has 2 amide bonds. The summed E-state index contributed by atoms with van der Waals surface area (Å²) in [6.45, 7) is 1.22. The van der Waals surface area contributed by atoms with Gasteiger partial charge in [-0.1, -0.05) is 0 Å². The van der Waals surface area contributed by atoms with Gasteiger partial charge in [0.2, 0.25) is 6.10 Å². The van der Waals surface area contributed by atoms with Crippen LogP contribution in [-0.2, 0) is 23.9 Å². The predicted octanol–water partition coefficient (Wildman–Crippen LogP) is 1.79. The van der Waals surface area contributed by atoms with Crippen LogP contribution in [0.4, 0.5) is 5.69 Å². The lowest BCUT2D eigenvalue weighted by molar-refractivity contribution is -0.160. The number of carbonyl (C=O) groups excluding carboxylic acids is 5. The Balaban J connectivity index is 3.41. The Hall–Kier alpha value is -0.830. The number of rotatable bonds is 11. The number of carbonyl (C=O) groups is 5. The summed E-state index contributed by atoms with van der Waals surface area (Å²) in [6.07, 6.45) is -2.41. The number of aliphatic hydroxyl groups is 2. The monoisotopic (exact) mass is 836 g/mol. The Bertz CT molecular complexity index is 990. The number of aliphatic hydroxyl groups excluding tert-OH is 2. The third kappa shape index (κ3) is 8.99. The third-order valence-electron chi connectivity index (χ3n) is 4.00. The first-order valence-corrected chi connectivity index (χ1v) is 13.0. The number of hydrogen-bond donors (Lipinski definition) is 4. The molecule has 0 bridgehead atoms. The van der Waals surface area contributed by atoms with Gasteiger partial charge in [0, 0.05) is 24.0 Å². The number of anilines is 1. The molecular weight excluding hydrogens is 816 g/mol. The molecule has 1 rings (SSSR count). The average molecular weight is 837 g/mol. The largest absolute Gasteiger partial charge is 0.461 e. The average Bonchev–Trinajstić information content (AvgIpc) is 2.73. The molecule has 2 atom stereocenters. The van der Waals surface area contributed by atoms with Crippen molar-refractivity contribution in [1.82, 2.24) is 5.32 Å². The zero-order valence-electron chi connectivity index (χ0n) is 17.7. The van der Waals surface area contributed by atoms with Crippen LogP contribution < -0.4 is 10.6 Å². The Morgan fingerprint density at radius 2 is 1.59 bits per heavy atom. The Morgan fingerprint density at radius 1 is 1.00 bits per heavy atom. The van der Waals surface area contributed by atoms with E-state index >= 15 is 0 Å². The van der Waals surface area contributed by atoms with E-state index in [0.717, 1.165) is 13.8 Å². The molecule has 11 nitrogen and oxygen atoms in total. The Morgan fingerprint density at radius 3 is 2.09 bits per heavy atom. The van der Waals surface area contributed by atoms with Crippen LogP contribution in [0.25, 0.3) is 0 Å². The van der Waals surface area contributed by atoms with Gasteiger partial charge in [-0.25, -0.2) is 0 Å². The predicted molar refractivity (Wildman–Crippen MR) is 146 cm³/mol. The minimum atomic E-state index is -1.49. The van der Waals surface area contributed by atoms with Crippen LogP contribution in [0.3, 0.4) is 0 Å². The highest BCUT2D eigenvalue weighted by atomic mass is 127. The molecule has 0 fully saturated rings. The summed E-state index contributed by atoms with van der Waals surface area (Å²) in [5, 5.41) is 22.6. The van der Waals surface area contributed by atoms with Crippen LogP contribution in [0.15, 0.2) is 0 Å². The molecule has 15 heteroatoms. The topological polar surface area (TPSA) is 168 Å². The number of amides is 2. The van der Waals surface area contributed by atoms with E-state index < -0.39 is 54.4 Å². The summed E-state index contributed by atoms with van der Waals surface area (Å²) in [7, 11) is 0. The Labute approximate surface area is 240 Å². The van der Waals surface area contributed by atoms with E-state index in [1.165, 1.54) is 0 Å². The molecular formula is C19H20ClI3N2O9. The highest BCUT2D eigenvalue weighted by Crippen LogP contribution is 2.36. The highest BCUT2D eigenvalue weighted by Gasteiger charge is 2.30. The maximum atomic E-state index is 12.9. The van der Waals surface area contributed by atoms with Crippen LogP contribution in [0, 0.1) is 10.7 Å². The summed E-state index contributed by atoms with van der Waals surface area (Å²) < 4.78 is 10.4. The lowest BCUT2D eigenvalue weighted by Gasteiger charge is -2.21. The van der Waals surface area contributed by atoms with E-state index in [1.54, 1.807) is 45.2 Å². The summed E-state index contributed by atoms with van der Waals surface area (Å²) >= 11 is 11.1. The first kappa shape index (κ1) is 31.2. The fraction of sp³-hybridized carbons (Fsp3) is 0.421. The first-order valence-electron chi connectivity index (χ1n) is 9.40. The van der Waals surface area contributed by atoms with E-state index in [1.807, 2.05) is 22.6 Å². The summed E-state index contributed by atoms with van der Waals surface area (Å²) in [5.41, 5.74) is 0.0858. The quantitative estimate of drug-likeness (QED) is 0.148. The van der Waals surface area contributed by atoms with Gasteiger partial charge in [-0.15, -0.1) is 0 Å². The van der Waals surface area contributed by atoms with Crippen LogP contribution in [0.5, 0.6) is 0 Å². The number of ether oxygens (including phenoxy) is 2. The van der Waals surface area contributed by atoms with Gasteiger partial charge in [0.1, 0.15) is 6.61 Å². The van der Waals surface area contributed by atoms with Gasteiger partial charge in [-0.3, -0.25) is 24.0 Å². The second kappa shape index (κ2) is 14.7. The molecule has 0 spiro atoms. The van der Waals surface area contributed by atoms with Crippen LogP contribution >= 0.6 is 79.4 Å². The molecule has 0 heterocycles. The summed E-state index contributed by atoms with van der Waals surface area (Å²) in [4.78, 5) is 60.4. The van der Waals surface area contributed by atoms with Gasteiger partial charge >= 0.3 is 11.9 Å².